The zero-order valence-corrected chi connectivity index (χ0v) is 28.3. The van der Waals surface area contributed by atoms with Crippen molar-refractivity contribution in [2.45, 2.75) is 39.0 Å². The number of halogens is 1. The SMILES string of the molecule is CC(C)(C)OC(=O)N1CCOC(COc2ccc(N3CCN(CCn4c(=O)sc5c4nc(N)n4nc(-c6ccco6)nc54)CC3)c(F)c2)C1. The number of nitrogens with zero attached hydrogens (tertiary/aromatic N) is 8. The van der Waals surface area contributed by atoms with Crippen molar-refractivity contribution in [2.24, 2.45) is 0 Å². The first kappa shape index (κ1) is 32.8. The maximum atomic E-state index is 15.3. The van der Waals surface area contributed by atoms with Gasteiger partial charge in [-0.3, -0.25) is 14.3 Å². The molecule has 15 nitrogen and oxygen atoms in total. The second-order valence-corrected chi connectivity index (χ2v) is 13.9. The zero-order valence-electron chi connectivity index (χ0n) is 27.5. The van der Waals surface area contributed by atoms with Gasteiger partial charge in [0.1, 0.15) is 34.6 Å². The van der Waals surface area contributed by atoms with Crippen molar-refractivity contribution in [1.29, 1.82) is 0 Å². The molecule has 7 rings (SSSR count). The summed E-state index contributed by atoms with van der Waals surface area (Å²) in [7, 11) is 0. The van der Waals surface area contributed by atoms with Gasteiger partial charge in [0, 0.05) is 51.9 Å². The molecule has 2 N–H and O–H groups in total. The molecule has 5 aromatic rings. The minimum Gasteiger partial charge on any atom is -0.491 e. The predicted molar refractivity (Wildman–Crippen MR) is 181 cm³/mol. The van der Waals surface area contributed by atoms with Crippen molar-refractivity contribution in [2.75, 3.05) is 69.7 Å². The van der Waals surface area contributed by atoms with Crippen LogP contribution in [0.4, 0.5) is 20.8 Å². The highest BCUT2D eigenvalue weighted by Crippen LogP contribution is 2.27. The molecule has 1 unspecified atom stereocenters. The third kappa shape index (κ3) is 7.04. The van der Waals surface area contributed by atoms with Crippen LogP contribution in [0.3, 0.4) is 0 Å². The van der Waals surface area contributed by atoms with Crippen molar-refractivity contribution in [3.05, 3.63) is 52.1 Å². The van der Waals surface area contributed by atoms with E-state index in [1.165, 1.54) is 16.8 Å². The highest BCUT2D eigenvalue weighted by molar-refractivity contribution is 7.17. The first-order valence-corrected chi connectivity index (χ1v) is 16.9. The van der Waals surface area contributed by atoms with Crippen LogP contribution >= 0.6 is 11.3 Å². The van der Waals surface area contributed by atoms with Crippen molar-refractivity contribution in [3.8, 4) is 17.3 Å². The van der Waals surface area contributed by atoms with Crippen molar-refractivity contribution >= 4 is 45.1 Å². The van der Waals surface area contributed by atoms with Crippen LogP contribution in [0, 0.1) is 5.82 Å². The molecule has 0 radical (unpaired) electrons. The van der Waals surface area contributed by atoms with E-state index >= 15 is 4.39 Å². The molecule has 0 spiro atoms. The molecule has 2 saturated heterocycles. The molecule has 49 heavy (non-hydrogen) atoms. The summed E-state index contributed by atoms with van der Waals surface area (Å²) in [5, 5.41) is 4.40. The summed E-state index contributed by atoms with van der Waals surface area (Å²) >= 11 is 1.06. The van der Waals surface area contributed by atoms with Gasteiger partial charge in [0.25, 0.3) is 0 Å². The van der Waals surface area contributed by atoms with E-state index in [-0.39, 0.29) is 35.4 Å². The van der Waals surface area contributed by atoms with Crippen LogP contribution in [0.2, 0.25) is 0 Å². The van der Waals surface area contributed by atoms with Crippen molar-refractivity contribution < 1.29 is 27.8 Å². The molecular weight excluding hydrogens is 657 g/mol. The van der Waals surface area contributed by atoms with Gasteiger partial charge < -0.3 is 34.2 Å². The zero-order chi connectivity index (χ0) is 34.3. The number of morpholine rings is 1. The number of carbonyl (C=O) groups is 1. The molecule has 1 aromatic carbocycles. The van der Waals surface area contributed by atoms with Gasteiger partial charge in [-0.25, -0.2) is 14.2 Å². The lowest BCUT2D eigenvalue weighted by Gasteiger charge is -2.36. The van der Waals surface area contributed by atoms with Gasteiger partial charge in [0.2, 0.25) is 11.8 Å². The van der Waals surface area contributed by atoms with Gasteiger partial charge >= 0.3 is 11.0 Å². The Hall–Kier alpha value is -4.74. The Morgan fingerprint density at radius 2 is 1.92 bits per heavy atom. The Morgan fingerprint density at radius 3 is 2.65 bits per heavy atom. The van der Waals surface area contributed by atoms with Crippen LogP contribution in [0.5, 0.6) is 5.75 Å². The first-order valence-electron chi connectivity index (χ1n) is 16.1. The van der Waals surface area contributed by atoms with Gasteiger partial charge in [-0.05, 0) is 45.0 Å². The summed E-state index contributed by atoms with van der Waals surface area (Å²) in [6.07, 6.45) is 0.799. The number of piperazine rings is 1. The van der Waals surface area contributed by atoms with Crippen LogP contribution in [-0.4, -0.2) is 111 Å². The molecule has 0 bridgehead atoms. The summed E-state index contributed by atoms with van der Waals surface area (Å²) in [6, 6.07) is 8.35. The number of aromatic nitrogens is 5. The average molecular weight is 696 g/mol. The molecule has 0 aliphatic carbocycles. The summed E-state index contributed by atoms with van der Waals surface area (Å²) in [6.45, 7) is 10.5. The Labute approximate surface area is 284 Å². The Balaban J connectivity index is 0.928. The molecule has 6 heterocycles. The second-order valence-electron chi connectivity index (χ2n) is 13.0. The quantitative estimate of drug-likeness (QED) is 0.253. The fourth-order valence-electron chi connectivity index (χ4n) is 5.93. The minimum absolute atomic E-state index is 0.124. The van der Waals surface area contributed by atoms with Gasteiger partial charge in [-0.1, -0.05) is 11.3 Å². The van der Waals surface area contributed by atoms with E-state index in [2.05, 4.69) is 20.0 Å². The van der Waals surface area contributed by atoms with Crippen LogP contribution in [0.1, 0.15) is 20.8 Å². The second kappa shape index (κ2) is 13.3. The third-order valence-corrected chi connectivity index (χ3v) is 9.32. The van der Waals surface area contributed by atoms with E-state index in [1.807, 2.05) is 25.7 Å². The number of fused-ring (bicyclic) bond motifs is 3. The number of rotatable bonds is 8. The van der Waals surface area contributed by atoms with Crippen molar-refractivity contribution in [3.63, 3.8) is 0 Å². The number of benzene rings is 1. The number of carbonyl (C=O) groups excluding carboxylic acids is 1. The number of hydrogen-bond acceptors (Lipinski definition) is 13. The molecule has 4 aromatic heterocycles. The largest absolute Gasteiger partial charge is 0.491 e. The number of hydrogen-bond donors (Lipinski definition) is 1. The molecular formula is C32H38FN9O6S. The normalized spacial score (nSPS) is 17.7. The smallest absolute Gasteiger partial charge is 0.410 e. The van der Waals surface area contributed by atoms with Crippen LogP contribution < -0.4 is 20.2 Å². The topological polar surface area (TPSA) is 159 Å². The van der Waals surface area contributed by atoms with Crippen molar-refractivity contribution in [1.82, 2.24) is 33.9 Å². The number of thiazole rings is 1. The third-order valence-electron chi connectivity index (χ3n) is 8.36. The maximum absolute atomic E-state index is 15.3. The molecule has 2 fully saturated rings. The molecule has 2 aliphatic heterocycles. The van der Waals surface area contributed by atoms with E-state index in [0.29, 0.717) is 98.0 Å². The van der Waals surface area contributed by atoms with Crippen LogP contribution in [0.25, 0.3) is 27.6 Å². The van der Waals surface area contributed by atoms with Gasteiger partial charge in [-0.2, -0.15) is 9.50 Å². The standard InChI is InChI=1S/C32H38FN9O6S/c1-32(2,3)48-30(43)40-14-16-45-21(18-40)19-47-20-6-7-23(22(33)17-20)39-11-8-38(9-12-39)10-13-41-27-25(49-31(41)44)28-35-26(24-5-4-15-46-24)37-42(28)29(34)36-27/h4-7,15,17,21H,8-14,16,18-19H2,1-3H3,(H2,34,36). The fourth-order valence-corrected chi connectivity index (χ4v) is 6.86. The van der Waals surface area contributed by atoms with Gasteiger partial charge in [-0.15, -0.1) is 5.10 Å². The minimum atomic E-state index is -0.582. The lowest BCUT2D eigenvalue weighted by molar-refractivity contribution is -0.0557. The molecule has 17 heteroatoms. The highest BCUT2D eigenvalue weighted by atomic mass is 32.1. The number of nitrogens with two attached hydrogens (primary N) is 1. The van der Waals surface area contributed by atoms with E-state index < -0.39 is 5.60 Å². The average Bonchev–Trinajstić information content (AvgIpc) is 3.82. The first-order chi connectivity index (χ1) is 23.5. The molecule has 1 atom stereocenters. The molecule has 0 saturated carbocycles. The fraction of sp³-hybridized carbons (Fsp3) is 0.469. The van der Waals surface area contributed by atoms with E-state index in [9.17, 15) is 9.59 Å². The number of nitrogen functional groups attached to an aromatic ring is 1. The molecule has 1 amide bonds. The summed E-state index contributed by atoms with van der Waals surface area (Å²) in [5.74, 6) is 0.989. The van der Waals surface area contributed by atoms with E-state index in [4.69, 9.17) is 24.4 Å². The monoisotopic (exact) mass is 695 g/mol. The lowest BCUT2D eigenvalue weighted by Crippen LogP contribution is -2.49. The lowest BCUT2D eigenvalue weighted by atomic mass is 10.2. The summed E-state index contributed by atoms with van der Waals surface area (Å²) in [4.78, 5) is 40.2. The van der Waals surface area contributed by atoms with E-state index in [1.54, 1.807) is 33.7 Å². The number of furan rings is 1. The number of amides is 1. The molecule has 260 valence electrons. The Kier molecular flexibility index (Phi) is 8.89. The Morgan fingerprint density at radius 1 is 1.10 bits per heavy atom. The highest BCUT2D eigenvalue weighted by Gasteiger charge is 2.29. The van der Waals surface area contributed by atoms with Gasteiger partial charge in [0.05, 0.1) is 25.1 Å². The maximum Gasteiger partial charge on any atom is 0.410 e. The number of anilines is 2. The molecule has 2 aliphatic rings. The van der Waals surface area contributed by atoms with Gasteiger partial charge in [0.15, 0.2) is 17.1 Å². The number of ether oxygens (including phenoxy) is 3. The van der Waals surface area contributed by atoms with Crippen LogP contribution in [-0.2, 0) is 16.0 Å². The summed E-state index contributed by atoms with van der Waals surface area (Å²) in [5.41, 5.74) is 7.05. The van der Waals surface area contributed by atoms with Crippen LogP contribution in [0.15, 0.2) is 45.8 Å². The van der Waals surface area contributed by atoms with E-state index in [0.717, 1.165) is 11.3 Å². The summed E-state index contributed by atoms with van der Waals surface area (Å²) < 4.78 is 41.4. The Bertz CT molecular complexity index is 2010. The predicted octanol–water partition coefficient (Wildman–Crippen LogP) is 3.32.